The lowest BCUT2D eigenvalue weighted by Crippen LogP contribution is -1.92. The fourth-order valence-electron chi connectivity index (χ4n) is 1.05. The fourth-order valence-corrected chi connectivity index (χ4v) is 1.05. The van der Waals surface area contributed by atoms with E-state index in [4.69, 9.17) is 20.4 Å². The molecule has 0 atom stereocenters. The number of carbonyl (C=O) groups is 2. The molecule has 0 aliphatic carbocycles. The summed E-state index contributed by atoms with van der Waals surface area (Å²) in [5.74, 6) is -1.42. The van der Waals surface area contributed by atoms with E-state index in [1.807, 2.05) is 19.9 Å². The number of aliphatic carboxylic acids is 2. The van der Waals surface area contributed by atoms with Crippen LogP contribution in [0.3, 0.4) is 0 Å². The maximum absolute atomic E-state index is 9.60. The number of hydrogen-bond donors (Lipinski definition) is 4. The van der Waals surface area contributed by atoms with Gasteiger partial charge in [0.15, 0.2) is 6.29 Å². The molecule has 1 aromatic rings. The predicted octanol–water partition coefficient (Wildman–Crippen LogP) is 2.41. The van der Waals surface area contributed by atoms with Crippen molar-refractivity contribution in [2.75, 3.05) is 0 Å². The number of carboxylic acid groups (broad SMARTS) is 2. The fraction of sp³-hybridized carbons (Fsp3) is 0.467. The van der Waals surface area contributed by atoms with Gasteiger partial charge in [0.05, 0.1) is 0 Å². The van der Waals surface area contributed by atoms with E-state index in [1.54, 1.807) is 24.3 Å². The molecule has 1 aromatic carbocycles. The number of hydrogen-bond acceptors (Lipinski definition) is 4. The summed E-state index contributed by atoms with van der Waals surface area (Å²) in [6.07, 6.45) is 0.705. The molecule has 0 aliphatic heterocycles. The van der Waals surface area contributed by atoms with Gasteiger partial charge < -0.3 is 20.4 Å². The minimum absolute atomic E-state index is 0.292. The highest BCUT2D eigenvalue weighted by Gasteiger charge is 1.97. The molecule has 4 N–H and O–H groups in total. The lowest BCUT2D eigenvalue weighted by atomic mass is 10.2. The van der Waals surface area contributed by atoms with Crippen molar-refractivity contribution < 1.29 is 30.0 Å². The van der Waals surface area contributed by atoms with Gasteiger partial charge >= 0.3 is 11.9 Å². The summed E-state index contributed by atoms with van der Waals surface area (Å²) in [7, 11) is 0. The number of aliphatic hydroxyl groups excluding tert-OH is 1. The second-order valence-electron chi connectivity index (χ2n) is 4.07. The topological polar surface area (TPSA) is 115 Å². The molecule has 21 heavy (non-hydrogen) atoms. The van der Waals surface area contributed by atoms with Crippen molar-refractivity contribution in [3.8, 4) is 0 Å². The molecule has 1 rings (SSSR count). The van der Waals surface area contributed by atoms with Crippen LogP contribution in [0, 0.1) is 0 Å². The highest BCUT2D eigenvalue weighted by atomic mass is 16.5. The lowest BCUT2D eigenvalue weighted by Gasteiger charge is -1.99. The Morgan fingerprint density at radius 2 is 1.29 bits per heavy atom. The minimum Gasteiger partial charge on any atom is -0.481 e. The molecule has 0 unspecified atom stereocenters. The van der Waals surface area contributed by atoms with Crippen LogP contribution in [0.25, 0.3) is 0 Å². The summed E-state index contributed by atoms with van der Waals surface area (Å²) in [6.45, 7) is 3.68. The zero-order chi connectivity index (χ0) is 16.7. The van der Waals surface area contributed by atoms with E-state index in [9.17, 15) is 9.59 Å². The van der Waals surface area contributed by atoms with Gasteiger partial charge in [0.2, 0.25) is 0 Å². The van der Waals surface area contributed by atoms with Crippen LogP contribution in [0.15, 0.2) is 30.3 Å². The Morgan fingerprint density at radius 3 is 1.43 bits per heavy atom. The molecule has 0 fully saturated rings. The van der Waals surface area contributed by atoms with Crippen molar-refractivity contribution >= 4 is 11.9 Å². The first-order chi connectivity index (χ1) is 9.84. The third-order valence-electron chi connectivity index (χ3n) is 2.03. The summed E-state index contributed by atoms with van der Waals surface area (Å²) in [5, 5.41) is 33.0. The maximum atomic E-state index is 9.60. The first-order valence-corrected chi connectivity index (χ1v) is 6.69. The normalized spacial score (nSPS) is 9.00. The van der Waals surface area contributed by atoms with Gasteiger partial charge in [-0.15, -0.1) is 0 Å². The molecule has 0 amide bonds. The summed E-state index contributed by atoms with van der Waals surface area (Å²) < 4.78 is 0. The van der Waals surface area contributed by atoms with E-state index < -0.39 is 18.2 Å². The maximum Gasteiger partial charge on any atom is 0.303 e. The van der Waals surface area contributed by atoms with E-state index in [1.165, 1.54) is 0 Å². The lowest BCUT2D eigenvalue weighted by molar-refractivity contribution is -0.138. The van der Waals surface area contributed by atoms with Crippen LogP contribution < -0.4 is 0 Å². The van der Waals surface area contributed by atoms with Crippen LogP contribution in [0.1, 0.15) is 51.4 Å². The van der Waals surface area contributed by atoms with E-state index >= 15 is 0 Å². The van der Waals surface area contributed by atoms with Gasteiger partial charge in [-0.05, 0) is 12.8 Å². The van der Waals surface area contributed by atoms with Crippen molar-refractivity contribution in [1.82, 2.24) is 0 Å². The highest BCUT2D eigenvalue weighted by molar-refractivity contribution is 5.66. The monoisotopic (exact) mass is 300 g/mol. The Morgan fingerprint density at radius 1 is 0.905 bits per heavy atom. The third-order valence-corrected chi connectivity index (χ3v) is 2.03. The van der Waals surface area contributed by atoms with E-state index in [-0.39, 0.29) is 0 Å². The Balaban J connectivity index is 0. The van der Waals surface area contributed by atoms with Crippen LogP contribution >= 0.6 is 0 Å². The number of rotatable bonds is 5. The molecule has 0 saturated carbocycles. The van der Waals surface area contributed by atoms with Crippen molar-refractivity contribution in [2.24, 2.45) is 0 Å². The van der Waals surface area contributed by atoms with E-state index in [0.717, 1.165) is 12.8 Å². The summed E-state index contributed by atoms with van der Waals surface area (Å²) >= 11 is 0. The van der Waals surface area contributed by atoms with E-state index in [0.29, 0.717) is 18.4 Å². The van der Waals surface area contributed by atoms with Gasteiger partial charge in [0.25, 0.3) is 0 Å². The van der Waals surface area contributed by atoms with Crippen LogP contribution in [-0.2, 0) is 9.59 Å². The summed E-state index contributed by atoms with van der Waals surface area (Å²) in [4.78, 5) is 19.2. The van der Waals surface area contributed by atoms with Gasteiger partial charge in [0.1, 0.15) is 0 Å². The molecule has 0 radical (unpaired) electrons. The molecular weight excluding hydrogens is 276 g/mol. The van der Waals surface area contributed by atoms with Crippen LogP contribution in [0.2, 0.25) is 0 Å². The Kier molecular flexibility index (Phi) is 14.8. The first kappa shape index (κ1) is 21.4. The molecule has 6 heteroatoms. The van der Waals surface area contributed by atoms with E-state index in [2.05, 4.69) is 0 Å². The molecule has 0 saturated heterocycles. The van der Waals surface area contributed by atoms with Crippen molar-refractivity contribution in [3.63, 3.8) is 0 Å². The van der Waals surface area contributed by atoms with Gasteiger partial charge in [-0.3, -0.25) is 9.59 Å². The largest absolute Gasteiger partial charge is 0.481 e. The SMILES string of the molecule is CCCC(=O)O.CCCC(=O)O.OC(O)c1ccccc1. The molecule has 120 valence electrons. The molecule has 0 aliphatic rings. The molecule has 0 bridgehead atoms. The Bertz CT molecular complexity index is 359. The van der Waals surface area contributed by atoms with Gasteiger partial charge in [-0.25, -0.2) is 0 Å². The van der Waals surface area contributed by atoms with Gasteiger partial charge in [-0.2, -0.15) is 0 Å². The van der Waals surface area contributed by atoms with Gasteiger partial charge in [0, 0.05) is 18.4 Å². The summed E-state index contributed by atoms with van der Waals surface area (Å²) in [6, 6.07) is 8.66. The zero-order valence-corrected chi connectivity index (χ0v) is 12.4. The molecule has 0 heterocycles. The highest BCUT2D eigenvalue weighted by Crippen LogP contribution is 2.06. The second-order valence-corrected chi connectivity index (χ2v) is 4.07. The van der Waals surface area contributed by atoms with Crippen molar-refractivity contribution in [3.05, 3.63) is 35.9 Å². The second kappa shape index (κ2) is 14.5. The average molecular weight is 300 g/mol. The standard InChI is InChI=1S/C7H8O2.2C4H8O2/c8-7(9)6-4-2-1-3-5-6;2*1-2-3-4(5)6/h1-5,7-9H;2*2-3H2,1H3,(H,5,6). The van der Waals surface area contributed by atoms with Gasteiger partial charge in [-0.1, -0.05) is 44.2 Å². The minimum atomic E-state index is -1.34. The molecule has 0 aromatic heterocycles. The predicted molar refractivity (Wildman–Crippen MR) is 78.7 cm³/mol. The summed E-state index contributed by atoms with van der Waals surface area (Å²) in [5.41, 5.74) is 0.525. The Labute approximate surface area is 124 Å². The molecule has 0 spiro atoms. The average Bonchev–Trinajstić information content (AvgIpc) is 2.40. The molecular formula is C15H24O6. The first-order valence-electron chi connectivity index (χ1n) is 6.69. The smallest absolute Gasteiger partial charge is 0.303 e. The zero-order valence-electron chi connectivity index (χ0n) is 12.4. The van der Waals surface area contributed by atoms with Crippen LogP contribution in [-0.4, -0.2) is 32.4 Å². The molecule has 6 nitrogen and oxygen atoms in total. The van der Waals surface area contributed by atoms with Crippen molar-refractivity contribution in [2.45, 2.75) is 45.8 Å². The van der Waals surface area contributed by atoms with Crippen LogP contribution in [0.4, 0.5) is 0 Å². The van der Waals surface area contributed by atoms with Crippen molar-refractivity contribution in [1.29, 1.82) is 0 Å². The number of aliphatic hydroxyl groups is 2. The number of benzene rings is 1. The number of carboxylic acids is 2. The quantitative estimate of drug-likeness (QED) is 0.621. The third kappa shape index (κ3) is 18.1. The van der Waals surface area contributed by atoms with Crippen LogP contribution in [0.5, 0.6) is 0 Å². The Hall–Kier alpha value is -1.92.